The molecule has 4 rings (SSSR count). The van der Waals surface area contributed by atoms with E-state index < -0.39 is 0 Å². The summed E-state index contributed by atoms with van der Waals surface area (Å²) in [5.41, 5.74) is 2.60. The van der Waals surface area contributed by atoms with Gasteiger partial charge < -0.3 is 5.32 Å². The van der Waals surface area contributed by atoms with Crippen LogP contribution in [0.5, 0.6) is 0 Å². The average molecular weight is 366 g/mol. The van der Waals surface area contributed by atoms with E-state index in [0.717, 1.165) is 17.8 Å². The normalized spacial score (nSPS) is 25.6. The van der Waals surface area contributed by atoms with Gasteiger partial charge in [-0.2, -0.15) is 0 Å². The van der Waals surface area contributed by atoms with E-state index in [9.17, 15) is 9.18 Å². The van der Waals surface area contributed by atoms with E-state index in [1.807, 2.05) is 12.1 Å². The molecule has 0 aromatic heterocycles. The molecule has 1 saturated heterocycles. The fraction of sp³-hybridized carbons (Fsp3) is 0.435. The monoisotopic (exact) mass is 366 g/mol. The summed E-state index contributed by atoms with van der Waals surface area (Å²) in [6.45, 7) is 3.62. The minimum Gasteiger partial charge on any atom is -0.322 e. The van der Waals surface area contributed by atoms with Crippen molar-refractivity contribution in [1.29, 1.82) is 0 Å². The second kappa shape index (κ2) is 7.81. The number of rotatable bonds is 4. The lowest BCUT2D eigenvalue weighted by molar-refractivity contribution is 0.102. The van der Waals surface area contributed by atoms with Crippen molar-refractivity contribution in [3.63, 3.8) is 0 Å². The van der Waals surface area contributed by atoms with Gasteiger partial charge >= 0.3 is 0 Å². The summed E-state index contributed by atoms with van der Waals surface area (Å²) in [5.74, 6) is 0.0606. The van der Waals surface area contributed by atoms with Gasteiger partial charge in [0, 0.05) is 23.3 Å². The van der Waals surface area contributed by atoms with Crippen LogP contribution in [0.1, 0.15) is 60.9 Å². The zero-order valence-electron chi connectivity index (χ0n) is 15.8. The van der Waals surface area contributed by atoms with Crippen molar-refractivity contribution < 1.29 is 9.18 Å². The lowest BCUT2D eigenvalue weighted by Gasteiger charge is -2.28. The van der Waals surface area contributed by atoms with Gasteiger partial charge in [0.1, 0.15) is 5.82 Å². The molecule has 1 saturated carbocycles. The standard InChI is InChI=1S/C23H27FN2O/c1-16-3-2-14-26(16)22-13-8-19(15-22)17-6-11-21(12-7-17)25-23(27)18-4-9-20(24)10-5-18/h4-7,9-12,16,19,22H,2-3,8,13-15H2,1H3,(H,25,27)/t16-,19?,22-/m0/s1. The van der Waals surface area contributed by atoms with Crippen LogP contribution < -0.4 is 5.32 Å². The van der Waals surface area contributed by atoms with E-state index in [1.165, 1.54) is 68.5 Å². The first-order valence-corrected chi connectivity index (χ1v) is 10.0. The molecular weight excluding hydrogens is 339 g/mol. The van der Waals surface area contributed by atoms with Gasteiger partial charge in [-0.3, -0.25) is 9.69 Å². The smallest absolute Gasteiger partial charge is 0.255 e. The molecule has 1 aliphatic heterocycles. The number of carbonyl (C=O) groups excluding carboxylic acids is 1. The number of nitrogens with zero attached hydrogens (tertiary/aromatic N) is 1. The number of hydrogen-bond acceptors (Lipinski definition) is 2. The lowest BCUT2D eigenvalue weighted by atomic mass is 9.97. The minimum absolute atomic E-state index is 0.216. The molecule has 3 atom stereocenters. The van der Waals surface area contributed by atoms with Crippen LogP contribution in [-0.2, 0) is 0 Å². The second-order valence-corrected chi connectivity index (χ2v) is 7.98. The summed E-state index contributed by atoms with van der Waals surface area (Å²) in [7, 11) is 0. The summed E-state index contributed by atoms with van der Waals surface area (Å²) in [6.07, 6.45) is 6.45. The Balaban J connectivity index is 1.36. The molecule has 0 spiro atoms. The van der Waals surface area contributed by atoms with Gasteiger partial charge in [-0.1, -0.05) is 12.1 Å². The maximum Gasteiger partial charge on any atom is 0.255 e. The highest BCUT2D eigenvalue weighted by Crippen LogP contribution is 2.39. The van der Waals surface area contributed by atoms with Crippen molar-refractivity contribution in [1.82, 2.24) is 4.90 Å². The van der Waals surface area contributed by atoms with Crippen LogP contribution in [-0.4, -0.2) is 29.4 Å². The van der Waals surface area contributed by atoms with Crippen molar-refractivity contribution in [2.75, 3.05) is 11.9 Å². The molecule has 3 nitrogen and oxygen atoms in total. The molecule has 1 aliphatic carbocycles. The number of anilines is 1. The average Bonchev–Trinajstić information content (AvgIpc) is 3.31. The van der Waals surface area contributed by atoms with Crippen LogP contribution in [0.2, 0.25) is 0 Å². The van der Waals surface area contributed by atoms with E-state index in [1.54, 1.807) is 0 Å². The Bertz CT molecular complexity index is 787. The molecule has 27 heavy (non-hydrogen) atoms. The van der Waals surface area contributed by atoms with Crippen LogP contribution in [0.15, 0.2) is 48.5 Å². The van der Waals surface area contributed by atoms with Crippen LogP contribution >= 0.6 is 0 Å². The molecule has 1 unspecified atom stereocenters. The van der Waals surface area contributed by atoms with Gasteiger partial charge in [-0.25, -0.2) is 4.39 Å². The maximum atomic E-state index is 13.0. The summed E-state index contributed by atoms with van der Waals surface area (Å²) >= 11 is 0. The van der Waals surface area contributed by atoms with E-state index in [2.05, 4.69) is 29.3 Å². The van der Waals surface area contributed by atoms with Crippen LogP contribution in [0.3, 0.4) is 0 Å². The van der Waals surface area contributed by atoms with E-state index in [4.69, 9.17) is 0 Å². The molecule has 4 heteroatoms. The highest BCUT2D eigenvalue weighted by Gasteiger charge is 2.34. The third-order valence-corrected chi connectivity index (χ3v) is 6.22. The molecule has 2 aliphatic rings. The molecule has 2 aromatic carbocycles. The van der Waals surface area contributed by atoms with E-state index >= 15 is 0 Å². The number of hydrogen-bond donors (Lipinski definition) is 1. The number of carbonyl (C=O) groups is 1. The topological polar surface area (TPSA) is 32.3 Å². The molecule has 2 fully saturated rings. The SMILES string of the molecule is C[C@H]1CCCN1[C@H]1CCC(c2ccc(NC(=O)c3ccc(F)cc3)cc2)C1. The Hall–Kier alpha value is -2.20. The first kappa shape index (κ1) is 18.2. The van der Waals surface area contributed by atoms with Gasteiger partial charge in [0.2, 0.25) is 0 Å². The van der Waals surface area contributed by atoms with Crippen LogP contribution in [0, 0.1) is 5.82 Å². The largest absolute Gasteiger partial charge is 0.322 e. The maximum absolute atomic E-state index is 13.0. The number of likely N-dealkylation sites (tertiary alicyclic amines) is 1. The molecule has 0 radical (unpaired) electrons. The van der Waals surface area contributed by atoms with Crippen LogP contribution in [0.25, 0.3) is 0 Å². The Kier molecular flexibility index (Phi) is 5.26. The fourth-order valence-corrected chi connectivity index (χ4v) is 4.70. The predicted molar refractivity (Wildman–Crippen MR) is 107 cm³/mol. The number of halogens is 1. The lowest BCUT2D eigenvalue weighted by Crippen LogP contribution is -2.35. The summed E-state index contributed by atoms with van der Waals surface area (Å²) < 4.78 is 13.0. The van der Waals surface area contributed by atoms with Gasteiger partial charge in [0.15, 0.2) is 0 Å². The zero-order valence-corrected chi connectivity index (χ0v) is 15.8. The zero-order chi connectivity index (χ0) is 18.8. The quantitative estimate of drug-likeness (QED) is 0.807. The minimum atomic E-state index is -0.339. The van der Waals surface area contributed by atoms with Crippen molar-refractivity contribution in [3.8, 4) is 0 Å². The van der Waals surface area contributed by atoms with Crippen molar-refractivity contribution in [2.24, 2.45) is 0 Å². The first-order chi connectivity index (χ1) is 13.1. The molecular formula is C23H27FN2O. The van der Waals surface area contributed by atoms with E-state index in [0.29, 0.717) is 11.5 Å². The van der Waals surface area contributed by atoms with Crippen molar-refractivity contribution >= 4 is 11.6 Å². The summed E-state index contributed by atoms with van der Waals surface area (Å²) in [6, 6.07) is 15.3. The molecule has 142 valence electrons. The predicted octanol–water partition coefficient (Wildman–Crippen LogP) is 5.20. The second-order valence-electron chi connectivity index (χ2n) is 7.98. The number of nitrogens with one attached hydrogen (secondary N) is 1. The fourth-order valence-electron chi connectivity index (χ4n) is 4.70. The molecule has 2 aromatic rings. The van der Waals surface area contributed by atoms with Gasteiger partial charge in [0.05, 0.1) is 0 Å². The van der Waals surface area contributed by atoms with Crippen molar-refractivity contribution in [2.45, 2.75) is 57.0 Å². The molecule has 1 heterocycles. The molecule has 1 N–H and O–H groups in total. The first-order valence-electron chi connectivity index (χ1n) is 10.0. The third kappa shape index (κ3) is 4.06. The van der Waals surface area contributed by atoms with E-state index in [-0.39, 0.29) is 11.7 Å². The van der Waals surface area contributed by atoms with Gasteiger partial charge in [0.25, 0.3) is 5.91 Å². The van der Waals surface area contributed by atoms with Gasteiger partial charge in [-0.15, -0.1) is 0 Å². The number of benzene rings is 2. The Morgan fingerprint density at radius 3 is 2.44 bits per heavy atom. The Morgan fingerprint density at radius 1 is 1.04 bits per heavy atom. The summed E-state index contributed by atoms with van der Waals surface area (Å²) in [4.78, 5) is 15.0. The third-order valence-electron chi connectivity index (χ3n) is 6.22. The highest BCUT2D eigenvalue weighted by molar-refractivity contribution is 6.04. The molecule has 1 amide bonds. The Morgan fingerprint density at radius 2 is 1.78 bits per heavy atom. The van der Waals surface area contributed by atoms with Crippen LogP contribution in [0.4, 0.5) is 10.1 Å². The molecule has 0 bridgehead atoms. The Labute approximate surface area is 160 Å². The number of amides is 1. The van der Waals surface area contributed by atoms with Gasteiger partial charge in [-0.05, 0) is 93.5 Å². The highest BCUT2D eigenvalue weighted by atomic mass is 19.1. The van der Waals surface area contributed by atoms with Crippen molar-refractivity contribution in [3.05, 3.63) is 65.5 Å². The summed E-state index contributed by atoms with van der Waals surface area (Å²) in [5, 5.41) is 2.89.